The number of ether oxygens (including phenoxy) is 1. The highest BCUT2D eigenvalue weighted by Gasteiger charge is 2.09. The lowest BCUT2D eigenvalue weighted by atomic mass is 10.0. The largest absolute Gasteiger partial charge is 0.489 e. The predicted molar refractivity (Wildman–Crippen MR) is 97.1 cm³/mol. The van der Waals surface area contributed by atoms with E-state index in [1.165, 1.54) is 0 Å². The second kappa shape index (κ2) is 7.52. The van der Waals surface area contributed by atoms with Crippen molar-refractivity contribution in [3.8, 4) is 5.75 Å². The molecule has 0 radical (unpaired) electrons. The van der Waals surface area contributed by atoms with Crippen LogP contribution in [0.3, 0.4) is 0 Å². The Hall–Kier alpha value is -2.29. The Morgan fingerprint density at radius 1 is 0.750 bits per heavy atom. The topological polar surface area (TPSA) is 26.3 Å². The lowest BCUT2D eigenvalue weighted by Crippen LogP contribution is -2.01. The fourth-order valence-electron chi connectivity index (χ4n) is 2.28. The van der Waals surface area contributed by atoms with E-state index in [-0.39, 0.29) is 12.4 Å². The number of carbonyl (C=O) groups excluding carboxylic acids is 1. The molecule has 120 valence electrons. The molecule has 0 aliphatic heterocycles. The maximum absolute atomic E-state index is 12.4. The van der Waals surface area contributed by atoms with Gasteiger partial charge in [-0.15, -0.1) is 0 Å². The highest BCUT2D eigenvalue weighted by Crippen LogP contribution is 2.26. The van der Waals surface area contributed by atoms with Crippen LogP contribution in [0.15, 0.2) is 72.8 Å². The molecule has 0 fully saturated rings. The Bertz CT molecular complexity index is 823. The molecule has 0 amide bonds. The summed E-state index contributed by atoms with van der Waals surface area (Å²) in [4.78, 5) is 12.4. The van der Waals surface area contributed by atoms with Gasteiger partial charge in [0, 0.05) is 26.7 Å². The average molecular weight is 357 g/mol. The van der Waals surface area contributed by atoms with Crippen molar-refractivity contribution in [2.24, 2.45) is 0 Å². The number of halogens is 2. The van der Waals surface area contributed by atoms with Gasteiger partial charge in [0.2, 0.25) is 0 Å². The van der Waals surface area contributed by atoms with Crippen LogP contribution in [0, 0.1) is 0 Å². The normalized spacial score (nSPS) is 10.4. The molecule has 0 spiro atoms. The molecule has 3 rings (SSSR count). The quantitative estimate of drug-likeness (QED) is 0.539. The van der Waals surface area contributed by atoms with Gasteiger partial charge in [0.1, 0.15) is 12.4 Å². The summed E-state index contributed by atoms with van der Waals surface area (Å²) in [6, 6.07) is 21.5. The van der Waals surface area contributed by atoms with Crippen molar-refractivity contribution in [1.82, 2.24) is 0 Å². The van der Waals surface area contributed by atoms with E-state index >= 15 is 0 Å². The summed E-state index contributed by atoms with van der Waals surface area (Å²) in [7, 11) is 0. The van der Waals surface area contributed by atoms with E-state index < -0.39 is 0 Å². The van der Waals surface area contributed by atoms with Crippen molar-refractivity contribution in [2.45, 2.75) is 6.61 Å². The summed E-state index contributed by atoms with van der Waals surface area (Å²) >= 11 is 12.2. The molecule has 0 saturated carbocycles. The van der Waals surface area contributed by atoms with Gasteiger partial charge >= 0.3 is 0 Å². The van der Waals surface area contributed by atoms with E-state index in [1.54, 1.807) is 54.6 Å². The first-order chi connectivity index (χ1) is 11.6. The third kappa shape index (κ3) is 3.78. The molecule has 0 saturated heterocycles. The lowest BCUT2D eigenvalue weighted by molar-refractivity contribution is 0.103. The molecule has 0 atom stereocenters. The Morgan fingerprint density at radius 3 is 1.96 bits per heavy atom. The monoisotopic (exact) mass is 356 g/mol. The van der Waals surface area contributed by atoms with Crippen LogP contribution in [-0.2, 0) is 6.61 Å². The van der Waals surface area contributed by atoms with Crippen molar-refractivity contribution in [3.63, 3.8) is 0 Å². The molecule has 0 heterocycles. The van der Waals surface area contributed by atoms with Gasteiger partial charge in [0.15, 0.2) is 5.78 Å². The average Bonchev–Trinajstić information content (AvgIpc) is 2.62. The predicted octanol–water partition coefficient (Wildman–Crippen LogP) is 5.80. The zero-order valence-corrected chi connectivity index (χ0v) is 14.2. The van der Waals surface area contributed by atoms with Crippen LogP contribution in [0.2, 0.25) is 10.0 Å². The Kier molecular flexibility index (Phi) is 5.19. The van der Waals surface area contributed by atoms with Crippen molar-refractivity contribution in [1.29, 1.82) is 0 Å². The zero-order valence-electron chi connectivity index (χ0n) is 12.7. The standard InChI is InChI=1S/C20H14Cl2O2/c21-18-7-4-8-19(22)17(18)13-24-16-11-9-15(10-12-16)20(23)14-5-2-1-3-6-14/h1-12H,13H2. The van der Waals surface area contributed by atoms with Gasteiger partial charge in [0.25, 0.3) is 0 Å². The number of benzene rings is 3. The molecule has 0 aromatic heterocycles. The van der Waals surface area contributed by atoms with Gasteiger partial charge in [-0.3, -0.25) is 4.79 Å². The minimum absolute atomic E-state index is 0.0173. The van der Waals surface area contributed by atoms with Crippen LogP contribution in [0.4, 0.5) is 0 Å². The molecule has 0 unspecified atom stereocenters. The highest BCUT2D eigenvalue weighted by molar-refractivity contribution is 6.35. The molecular weight excluding hydrogens is 343 g/mol. The van der Waals surface area contributed by atoms with E-state index in [1.807, 2.05) is 18.2 Å². The Labute approximate surface area is 150 Å². The molecule has 0 aliphatic carbocycles. The van der Waals surface area contributed by atoms with E-state index in [0.29, 0.717) is 26.9 Å². The van der Waals surface area contributed by atoms with Crippen molar-refractivity contribution < 1.29 is 9.53 Å². The molecule has 24 heavy (non-hydrogen) atoms. The second-order valence-corrected chi connectivity index (χ2v) is 6.02. The lowest BCUT2D eigenvalue weighted by Gasteiger charge is -2.10. The van der Waals surface area contributed by atoms with Crippen molar-refractivity contribution in [3.05, 3.63) is 99.5 Å². The molecule has 4 heteroatoms. The van der Waals surface area contributed by atoms with Gasteiger partial charge < -0.3 is 4.74 Å². The second-order valence-electron chi connectivity index (χ2n) is 5.21. The highest BCUT2D eigenvalue weighted by atomic mass is 35.5. The first kappa shape index (κ1) is 16.6. The first-order valence-electron chi connectivity index (χ1n) is 7.40. The van der Waals surface area contributed by atoms with Gasteiger partial charge in [-0.1, -0.05) is 59.6 Å². The summed E-state index contributed by atoms with van der Waals surface area (Å²) in [6.07, 6.45) is 0. The third-order valence-corrected chi connectivity index (χ3v) is 4.31. The van der Waals surface area contributed by atoms with Gasteiger partial charge in [0.05, 0.1) is 0 Å². The van der Waals surface area contributed by atoms with Gasteiger partial charge in [-0.05, 0) is 36.4 Å². The van der Waals surface area contributed by atoms with Crippen LogP contribution in [-0.4, -0.2) is 5.78 Å². The molecule has 0 bridgehead atoms. The van der Waals surface area contributed by atoms with Crippen LogP contribution >= 0.6 is 23.2 Å². The van der Waals surface area contributed by atoms with Crippen LogP contribution in [0.1, 0.15) is 21.5 Å². The molecule has 3 aromatic rings. The minimum Gasteiger partial charge on any atom is -0.489 e. The molecule has 3 aromatic carbocycles. The first-order valence-corrected chi connectivity index (χ1v) is 8.16. The van der Waals surface area contributed by atoms with Gasteiger partial charge in [-0.25, -0.2) is 0 Å². The fraction of sp³-hybridized carbons (Fsp3) is 0.0500. The maximum Gasteiger partial charge on any atom is 0.193 e. The smallest absolute Gasteiger partial charge is 0.193 e. The van der Waals surface area contributed by atoms with E-state index in [4.69, 9.17) is 27.9 Å². The van der Waals surface area contributed by atoms with Crippen LogP contribution in [0.5, 0.6) is 5.75 Å². The number of ketones is 1. The van der Waals surface area contributed by atoms with E-state index in [2.05, 4.69) is 0 Å². The summed E-state index contributed by atoms with van der Waals surface area (Å²) in [5.41, 5.74) is 2.02. The minimum atomic E-state index is -0.0173. The summed E-state index contributed by atoms with van der Waals surface area (Å²) in [5, 5.41) is 1.14. The Morgan fingerprint density at radius 2 is 1.33 bits per heavy atom. The van der Waals surface area contributed by atoms with Crippen LogP contribution < -0.4 is 4.74 Å². The third-order valence-electron chi connectivity index (χ3n) is 3.60. The number of hydrogen-bond donors (Lipinski definition) is 0. The van der Waals surface area contributed by atoms with Crippen LogP contribution in [0.25, 0.3) is 0 Å². The molecule has 0 N–H and O–H groups in total. The van der Waals surface area contributed by atoms with Gasteiger partial charge in [-0.2, -0.15) is 0 Å². The molecular formula is C20H14Cl2O2. The van der Waals surface area contributed by atoms with E-state index in [0.717, 1.165) is 5.56 Å². The number of rotatable bonds is 5. The van der Waals surface area contributed by atoms with Crippen molar-refractivity contribution >= 4 is 29.0 Å². The number of carbonyl (C=O) groups is 1. The maximum atomic E-state index is 12.4. The zero-order chi connectivity index (χ0) is 16.9. The summed E-state index contributed by atoms with van der Waals surface area (Å²) in [6.45, 7) is 0.268. The SMILES string of the molecule is O=C(c1ccccc1)c1ccc(OCc2c(Cl)cccc2Cl)cc1. The molecule has 0 aliphatic rings. The van der Waals surface area contributed by atoms with E-state index in [9.17, 15) is 4.79 Å². The molecule has 2 nitrogen and oxygen atoms in total. The summed E-state index contributed by atoms with van der Waals surface area (Å²) in [5.74, 6) is 0.631. The Balaban J connectivity index is 1.70. The van der Waals surface area contributed by atoms with Crippen molar-refractivity contribution in [2.75, 3.05) is 0 Å². The summed E-state index contributed by atoms with van der Waals surface area (Å²) < 4.78 is 5.71. The fourth-order valence-corrected chi connectivity index (χ4v) is 2.79. The number of hydrogen-bond acceptors (Lipinski definition) is 2.